The highest BCUT2D eigenvalue weighted by Crippen LogP contribution is 2.45. The molecule has 1 aromatic heterocycles. The van der Waals surface area contributed by atoms with E-state index in [0.717, 1.165) is 16.5 Å². The van der Waals surface area contributed by atoms with Crippen molar-refractivity contribution in [2.24, 2.45) is 0 Å². The lowest BCUT2D eigenvalue weighted by Crippen LogP contribution is -2.24. The van der Waals surface area contributed by atoms with E-state index >= 15 is 0 Å². The molecule has 2 saturated carbocycles. The Morgan fingerprint density at radius 1 is 1.32 bits per heavy atom. The summed E-state index contributed by atoms with van der Waals surface area (Å²) in [6, 6.07) is 5.41. The lowest BCUT2D eigenvalue weighted by Gasteiger charge is -2.09. The summed E-state index contributed by atoms with van der Waals surface area (Å²) in [5, 5.41) is 12.4. The number of hydrogen-bond donors (Lipinski definition) is 1. The summed E-state index contributed by atoms with van der Waals surface area (Å²) in [4.78, 5) is 12.1. The van der Waals surface area contributed by atoms with Gasteiger partial charge in [0.15, 0.2) is 5.16 Å². The molecule has 132 valence electrons. The molecule has 2 aromatic rings. The number of carbonyl (C=O) groups is 1. The number of benzene rings is 1. The third-order valence-corrected chi connectivity index (χ3v) is 5.53. The first-order valence-corrected chi connectivity index (χ1v) is 9.69. The summed E-state index contributed by atoms with van der Waals surface area (Å²) in [6.45, 7) is 2.13. The van der Waals surface area contributed by atoms with Crippen LogP contribution in [-0.4, -0.2) is 26.4 Å². The normalized spacial score (nSPS) is 16.9. The van der Waals surface area contributed by atoms with E-state index in [1.54, 1.807) is 19.1 Å². The van der Waals surface area contributed by atoms with Crippen LogP contribution < -0.4 is 5.32 Å². The van der Waals surface area contributed by atoms with Crippen LogP contribution in [-0.2, 0) is 11.3 Å². The molecule has 1 heterocycles. The molecule has 0 radical (unpaired) electrons. The summed E-state index contributed by atoms with van der Waals surface area (Å²) in [5.41, 5.74) is 1.49. The molecule has 0 spiro atoms. The van der Waals surface area contributed by atoms with Gasteiger partial charge in [0.05, 0.1) is 5.75 Å². The first-order valence-electron chi connectivity index (χ1n) is 8.71. The van der Waals surface area contributed by atoms with Crippen LogP contribution in [0.2, 0.25) is 0 Å². The Kier molecular flexibility index (Phi) is 4.50. The van der Waals surface area contributed by atoms with Gasteiger partial charge in [-0.05, 0) is 49.8 Å². The molecule has 0 atom stereocenters. The molecule has 2 aliphatic carbocycles. The molecule has 2 fully saturated rings. The van der Waals surface area contributed by atoms with Crippen molar-refractivity contribution in [3.63, 3.8) is 0 Å². The fourth-order valence-electron chi connectivity index (χ4n) is 2.88. The van der Waals surface area contributed by atoms with Gasteiger partial charge in [0.1, 0.15) is 11.6 Å². The van der Waals surface area contributed by atoms with Crippen LogP contribution in [0.5, 0.6) is 0 Å². The first-order chi connectivity index (χ1) is 12.1. The minimum atomic E-state index is -0.225. The van der Waals surface area contributed by atoms with E-state index in [9.17, 15) is 9.18 Å². The number of halogens is 1. The summed E-state index contributed by atoms with van der Waals surface area (Å²) < 4.78 is 15.5. The van der Waals surface area contributed by atoms with Crippen molar-refractivity contribution in [3.05, 3.63) is 41.0 Å². The number of rotatable bonds is 7. The van der Waals surface area contributed by atoms with Crippen LogP contribution in [0.25, 0.3) is 0 Å². The maximum Gasteiger partial charge on any atom is 0.230 e. The van der Waals surface area contributed by atoms with Gasteiger partial charge in [-0.2, -0.15) is 0 Å². The second kappa shape index (κ2) is 6.78. The summed E-state index contributed by atoms with van der Waals surface area (Å²) in [5.74, 6) is 1.71. The molecule has 4 rings (SSSR count). The average Bonchev–Trinajstić information content (AvgIpc) is 3.52. The minimum absolute atomic E-state index is 0.0507. The molecule has 1 amide bonds. The van der Waals surface area contributed by atoms with Gasteiger partial charge in [0.2, 0.25) is 5.91 Å². The molecule has 0 bridgehead atoms. The predicted octanol–water partition coefficient (Wildman–Crippen LogP) is 3.35. The minimum Gasteiger partial charge on any atom is -0.351 e. The van der Waals surface area contributed by atoms with E-state index in [4.69, 9.17) is 0 Å². The molecule has 2 aliphatic rings. The first kappa shape index (κ1) is 16.6. The number of nitrogens with zero attached hydrogens (tertiary/aromatic N) is 3. The van der Waals surface area contributed by atoms with Gasteiger partial charge in [0, 0.05) is 18.5 Å². The summed E-state index contributed by atoms with van der Waals surface area (Å²) >= 11 is 1.45. The van der Waals surface area contributed by atoms with Crippen molar-refractivity contribution in [1.29, 1.82) is 0 Å². The molecule has 1 aromatic carbocycles. The van der Waals surface area contributed by atoms with Crippen molar-refractivity contribution in [2.75, 3.05) is 5.75 Å². The zero-order valence-electron chi connectivity index (χ0n) is 14.2. The number of thioether (sulfide) groups is 1. The quantitative estimate of drug-likeness (QED) is 0.770. The van der Waals surface area contributed by atoms with Crippen molar-refractivity contribution in [2.45, 2.75) is 56.3 Å². The highest BCUT2D eigenvalue weighted by Gasteiger charge is 2.36. The number of hydrogen-bond acceptors (Lipinski definition) is 4. The van der Waals surface area contributed by atoms with E-state index in [1.165, 1.54) is 43.5 Å². The standard InChI is InChI=1S/C18H21FN4OS/c1-11-8-12(2-7-15(11)19)9-20-16(24)10-25-18-22-21-17(13-3-4-13)23(18)14-5-6-14/h2,7-8,13-14H,3-6,9-10H2,1H3,(H,20,24). The number of aryl methyl sites for hydroxylation is 1. The fraction of sp³-hybridized carbons (Fsp3) is 0.500. The monoisotopic (exact) mass is 360 g/mol. The maximum atomic E-state index is 13.3. The van der Waals surface area contributed by atoms with Crippen molar-refractivity contribution < 1.29 is 9.18 Å². The van der Waals surface area contributed by atoms with Gasteiger partial charge in [-0.25, -0.2) is 4.39 Å². The number of aromatic nitrogens is 3. The fourth-order valence-corrected chi connectivity index (χ4v) is 3.72. The van der Waals surface area contributed by atoms with Crippen molar-refractivity contribution >= 4 is 17.7 Å². The molecule has 5 nitrogen and oxygen atoms in total. The van der Waals surface area contributed by atoms with E-state index in [-0.39, 0.29) is 11.7 Å². The van der Waals surface area contributed by atoms with Gasteiger partial charge >= 0.3 is 0 Å². The van der Waals surface area contributed by atoms with Crippen LogP contribution in [0.4, 0.5) is 4.39 Å². The second-order valence-electron chi connectivity index (χ2n) is 6.87. The maximum absolute atomic E-state index is 13.3. The largest absolute Gasteiger partial charge is 0.351 e. The SMILES string of the molecule is Cc1cc(CNC(=O)CSc2nnc(C3CC3)n2C2CC2)ccc1F. The Balaban J connectivity index is 1.32. The van der Waals surface area contributed by atoms with E-state index in [2.05, 4.69) is 20.1 Å². The number of nitrogens with one attached hydrogen (secondary N) is 1. The van der Waals surface area contributed by atoms with E-state index in [1.807, 2.05) is 0 Å². The van der Waals surface area contributed by atoms with Crippen LogP contribution >= 0.6 is 11.8 Å². The van der Waals surface area contributed by atoms with E-state index in [0.29, 0.717) is 29.8 Å². The van der Waals surface area contributed by atoms with Crippen LogP contribution in [0.15, 0.2) is 23.4 Å². The predicted molar refractivity (Wildman–Crippen MR) is 94.0 cm³/mol. The zero-order valence-corrected chi connectivity index (χ0v) is 15.0. The van der Waals surface area contributed by atoms with Crippen LogP contribution in [0.1, 0.15) is 54.6 Å². The zero-order chi connectivity index (χ0) is 17.4. The Morgan fingerprint density at radius 3 is 2.80 bits per heavy atom. The highest BCUT2D eigenvalue weighted by molar-refractivity contribution is 7.99. The van der Waals surface area contributed by atoms with Crippen LogP contribution in [0.3, 0.4) is 0 Å². The third kappa shape index (κ3) is 3.86. The van der Waals surface area contributed by atoms with Gasteiger partial charge in [-0.3, -0.25) is 4.79 Å². The topological polar surface area (TPSA) is 59.8 Å². The lowest BCUT2D eigenvalue weighted by molar-refractivity contribution is -0.118. The molecule has 0 aliphatic heterocycles. The molecular weight excluding hydrogens is 339 g/mol. The Morgan fingerprint density at radius 2 is 2.12 bits per heavy atom. The van der Waals surface area contributed by atoms with Gasteiger partial charge in [0.25, 0.3) is 0 Å². The van der Waals surface area contributed by atoms with Gasteiger partial charge in [-0.15, -0.1) is 10.2 Å². The number of carbonyl (C=O) groups excluding carboxylic acids is 1. The second-order valence-corrected chi connectivity index (χ2v) is 7.81. The Labute approximate surface area is 150 Å². The van der Waals surface area contributed by atoms with Gasteiger partial charge in [-0.1, -0.05) is 23.9 Å². The highest BCUT2D eigenvalue weighted by atomic mass is 32.2. The molecule has 25 heavy (non-hydrogen) atoms. The molecule has 0 saturated heterocycles. The van der Waals surface area contributed by atoms with Gasteiger partial charge < -0.3 is 9.88 Å². The molecule has 7 heteroatoms. The summed E-state index contributed by atoms with van der Waals surface area (Å²) in [7, 11) is 0. The number of amides is 1. The Hall–Kier alpha value is -1.89. The van der Waals surface area contributed by atoms with Crippen molar-refractivity contribution in [3.8, 4) is 0 Å². The smallest absolute Gasteiger partial charge is 0.230 e. The van der Waals surface area contributed by atoms with Crippen LogP contribution in [0, 0.1) is 12.7 Å². The summed E-state index contributed by atoms with van der Waals surface area (Å²) in [6.07, 6.45) is 4.77. The third-order valence-electron chi connectivity index (χ3n) is 4.59. The molecule has 1 N–H and O–H groups in total. The Bertz CT molecular complexity index is 798. The van der Waals surface area contributed by atoms with Crippen molar-refractivity contribution in [1.82, 2.24) is 20.1 Å². The average molecular weight is 360 g/mol. The molecule has 0 unspecified atom stereocenters. The van der Waals surface area contributed by atoms with E-state index < -0.39 is 0 Å². The molecular formula is C18H21FN4OS. The lowest BCUT2D eigenvalue weighted by atomic mass is 10.1.